The summed E-state index contributed by atoms with van der Waals surface area (Å²) in [6, 6.07) is 1.38. The molecule has 0 aromatic carbocycles. The minimum Gasteiger partial charge on any atom is -0.297 e. The van der Waals surface area contributed by atoms with Gasteiger partial charge in [0.2, 0.25) is 0 Å². The molecule has 0 aliphatic carbocycles. The summed E-state index contributed by atoms with van der Waals surface area (Å²) in [7, 11) is 0. The van der Waals surface area contributed by atoms with Gasteiger partial charge in [-0.15, -0.1) is 0 Å². The minimum atomic E-state index is 0.669. The van der Waals surface area contributed by atoms with Crippen molar-refractivity contribution in [3.63, 3.8) is 0 Å². The molecule has 11 heavy (non-hydrogen) atoms. The van der Waals surface area contributed by atoms with Crippen LogP contribution in [0.3, 0.4) is 0 Å². The highest BCUT2D eigenvalue weighted by Crippen LogP contribution is 2.08. The Hall–Kier alpha value is 0.440. The Kier molecular flexibility index (Phi) is 6.25. The lowest BCUT2D eigenvalue weighted by Crippen LogP contribution is -2.39. The molecule has 1 atom stereocenters. The molecule has 0 N–H and O–H groups in total. The fraction of sp³-hybridized carbons (Fsp3) is 1.00. The topological polar surface area (TPSA) is 3.24 Å². The molecule has 0 radical (unpaired) electrons. The van der Waals surface area contributed by atoms with E-state index in [0.717, 1.165) is 11.9 Å². The van der Waals surface area contributed by atoms with Crippen LogP contribution in [0, 0.1) is 0 Å². The molecule has 68 valence electrons. The summed E-state index contributed by atoms with van der Waals surface area (Å²) in [5.74, 6) is 0. The molecule has 0 saturated heterocycles. The maximum Gasteiger partial charge on any atom is 0.0159 e. The average molecular weight is 222 g/mol. The minimum absolute atomic E-state index is 0.669. The van der Waals surface area contributed by atoms with Crippen LogP contribution in [0.15, 0.2) is 0 Å². The van der Waals surface area contributed by atoms with Gasteiger partial charge in [-0.2, -0.15) is 0 Å². The molecule has 0 aromatic heterocycles. The fourth-order valence-electron chi connectivity index (χ4n) is 1.32. The van der Waals surface area contributed by atoms with Gasteiger partial charge in [0.1, 0.15) is 0 Å². The van der Waals surface area contributed by atoms with Crippen molar-refractivity contribution in [1.29, 1.82) is 0 Å². The fourth-order valence-corrected chi connectivity index (χ4v) is 1.73. The SMILES string of the molecule is CCC(C)N(CCBr)C(C)C. The monoisotopic (exact) mass is 221 g/mol. The smallest absolute Gasteiger partial charge is 0.0159 e. The van der Waals surface area contributed by atoms with E-state index in [1.807, 2.05) is 0 Å². The zero-order valence-corrected chi connectivity index (χ0v) is 9.69. The number of nitrogens with zero attached hydrogens (tertiary/aromatic N) is 1. The van der Waals surface area contributed by atoms with Crippen LogP contribution in [-0.2, 0) is 0 Å². The normalized spacial score (nSPS) is 14.5. The van der Waals surface area contributed by atoms with Crippen LogP contribution in [0.4, 0.5) is 0 Å². The van der Waals surface area contributed by atoms with E-state index in [2.05, 4.69) is 48.5 Å². The third-order valence-electron chi connectivity index (χ3n) is 2.16. The third-order valence-corrected chi connectivity index (χ3v) is 2.52. The molecule has 0 aliphatic rings. The highest BCUT2D eigenvalue weighted by atomic mass is 79.9. The molecule has 0 fully saturated rings. The van der Waals surface area contributed by atoms with E-state index in [-0.39, 0.29) is 0 Å². The Morgan fingerprint density at radius 1 is 1.27 bits per heavy atom. The van der Waals surface area contributed by atoms with Crippen LogP contribution < -0.4 is 0 Å². The van der Waals surface area contributed by atoms with Crippen molar-refractivity contribution < 1.29 is 0 Å². The molecule has 0 heterocycles. The number of alkyl halides is 1. The zero-order chi connectivity index (χ0) is 8.85. The zero-order valence-electron chi connectivity index (χ0n) is 8.10. The summed E-state index contributed by atoms with van der Waals surface area (Å²) in [5.41, 5.74) is 0. The first-order valence-corrected chi connectivity index (χ1v) is 5.57. The van der Waals surface area contributed by atoms with Crippen LogP contribution in [-0.4, -0.2) is 28.9 Å². The Balaban J connectivity index is 3.87. The van der Waals surface area contributed by atoms with Crippen LogP contribution >= 0.6 is 15.9 Å². The van der Waals surface area contributed by atoms with Gasteiger partial charge in [0, 0.05) is 24.0 Å². The van der Waals surface area contributed by atoms with Gasteiger partial charge < -0.3 is 0 Å². The molecular weight excluding hydrogens is 202 g/mol. The Labute approximate surface area is 79.3 Å². The van der Waals surface area contributed by atoms with Gasteiger partial charge in [-0.05, 0) is 27.2 Å². The number of rotatable bonds is 5. The van der Waals surface area contributed by atoms with Crippen molar-refractivity contribution in [2.24, 2.45) is 0 Å². The van der Waals surface area contributed by atoms with E-state index in [9.17, 15) is 0 Å². The first kappa shape index (κ1) is 11.4. The molecule has 1 unspecified atom stereocenters. The first-order chi connectivity index (χ1) is 5.13. The summed E-state index contributed by atoms with van der Waals surface area (Å²) in [5, 5.41) is 1.08. The van der Waals surface area contributed by atoms with Gasteiger partial charge in [0.25, 0.3) is 0 Å². The first-order valence-electron chi connectivity index (χ1n) is 4.45. The summed E-state index contributed by atoms with van der Waals surface area (Å²) >= 11 is 3.47. The Bertz CT molecular complexity index is 93.6. The Morgan fingerprint density at radius 3 is 2.09 bits per heavy atom. The van der Waals surface area contributed by atoms with Crippen molar-refractivity contribution in [1.82, 2.24) is 4.90 Å². The number of hydrogen-bond acceptors (Lipinski definition) is 1. The van der Waals surface area contributed by atoms with Crippen molar-refractivity contribution in [3.05, 3.63) is 0 Å². The van der Waals surface area contributed by atoms with E-state index in [4.69, 9.17) is 0 Å². The molecule has 0 amide bonds. The Morgan fingerprint density at radius 2 is 1.82 bits per heavy atom. The summed E-state index contributed by atoms with van der Waals surface area (Å²) in [4.78, 5) is 2.52. The summed E-state index contributed by atoms with van der Waals surface area (Å²) in [6.45, 7) is 10.2. The van der Waals surface area contributed by atoms with Crippen molar-refractivity contribution in [3.8, 4) is 0 Å². The lowest BCUT2D eigenvalue weighted by Gasteiger charge is -2.31. The van der Waals surface area contributed by atoms with E-state index in [1.54, 1.807) is 0 Å². The lowest BCUT2D eigenvalue weighted by molar-refractivity contribution is 0.172. The van der Waals surface area contributed by atoms with Gasteiger partial charge in [0.15, 0.2) is 0 Å². The van der Waals surface area contributed by atoms with Crippen molar-refractivity contribution >= 4 is 15.9 Å². The second-order valence-electron chi connectivity index (χ2n) is 3.28. The van der Waals surface area contributed by atoms with Gasteiger partial charge in [-0.3, -0.25) is 4.90 Å². The van der Waals surface area contributed by atoms with Crippen LogP contribution in [0.1, 0.15) is 34.1 Å². The lowest BCUT2D eigenvalue weighted by atomic mass is 10.2. The third kappa shape index (κ3) is 4.12. The largest absolute Gasteiger partial charge is 0.297 e. The molecule has 2 heteroatoms. The quantitative estimate of drug-likeness (QED) is 0.646. The van der Waals surface area contributed by atoms with Crippen LogP contribution in [0.2, 0.25) is 0 Å². The molecule has 1 nitrogen and oxygen atoms in total. The van der Waals surface area contributed by atoms with Crippen molar-refractivity contribution in [2.75, 3.05) is 11.9 Å². The van der Waals surface area contributed by atoms with E-state index < -0.39 is 0 Å². The molecule has 0 aliphatic heterocycles. The van der Waals surface area contributed by atoms with Gasteiger partial charge in [0.05, 0.1) is 0 Å². The maximum atomic E-state index is 3.47. The second kappa shape index (κ2) is 6.01. The average Bonchev–Trinajstić information content (AvgIpc) is 1.98. The molecule has 0 spiro atoms. The standard InChI is InChI=1S/C9H20BrN/c1-5-9(4)11(7-6-10)8(2)3/h8-9H,5-7H2,1-4H3. The van der Waals surface area contributed by atoms with Crippen LogP contribution in [0.25, 0.3) is 0 Å². The molecule has 0 rings (SSSR count). The number of hydrogen-bond donors (Lipinski definition) is 0. The van der Waals surface area contributed by atoms with Gasteiger partial charge in [-0.25, -0.2) is 0 Å². The van der Waals surface area contributed by atoms with Crippen LogP contribution in [0.5, 0.6) is 0 Å². The predicted molar refractivity (Wildman–Crippen MR) is 55.4 cm³/mol. The van der Waals surface area contributed by atoms with E-state index in [0.29, 0.717) is 12.1 Å². The highest BCUT2D eigenvalue weighted by Gasteiger charge is 2.13. The van der Waals surface area contributed by atoms with Gasteiger partial charge >= 0.3 is 0 Å². The van der Waals surface area contributed by atoms with Gasteiger partial charge in [-0.1, -0.05) is 22.9 Å². The molecule has 0 bridgehead atoms. The summed E-state index contributed by atoms with van der Waals surface area (Å²) < 4.78 is 0. The maximum absolute atomic E-state index is 3.47. The highest BCUT2D eigenvalue weighted by molar-refractivity contribution is 9.09. The van der Waals surface area contributed by atoms with Crippen molar-refractivity contribution in [2.45, 2.75) is 46.2 Å². The molecule has 0 saturated carbocycles. The van der Waals surface area contributed by atoms with E-state index in [1.165, 1.54) is 6.42 Å². The molecule has 0 aromatic rings. The van der Waals surface area contributed by atoms with E-state index >= 15 is 0 Å². The summed E-state index contributed by atoms with van der Waals surface area (Å²) in [6.07, 6.45) is 1.24. The number of halogens is 1. The predicted octanol–water partition coefficient (Wildman–Crippen LogP) is 2.89. The second-order valence-corrected chi connectivity index (χ2v) is 4.07. The molecular formula is C9H20BrN.